The summed E-state index contributed by atoms with van der Waals surface area (Å²) in [5, 5.41) is 9.28. The van der Waals surface area contributed by atoms with E-state index in [2.05, 4.69) is 11.1 Å². The Kier molecular flexibility index (Phi) is 3.44. The molecule has 0 fully saturated rings. The zero-order valence-corrected chi connectivity index (χ0v) is 10.00. The van der Waals surface area contributed by atoms with Crippen LogP contribution in [0.5, 0.6) is 5.75 Å². The van der Waals surface area contributed by atoms with E-state index in [1.807, 2.05) is 24.3 Å². The van der Waals surface area contributed by atoms with E-state index in [-0.39, 0.29) is 0 Å². The zero-order chi connectivity index (χ0) is 13.0. The van der Waals surface area contributed by atoms with Crippen molar-refractivity contribution in [3.8, 4) is 11.8 Å². The first-order valence-corrected chi connectivity index (χ1v) is 5.49. The van der Waals surface area contributed by atoms with Gasteiger partial charge in [-0.05, 0) is 29.8 Å². The third-order valence-electron chi connectivity index (χ3n) is 2.68. The van der Waals surface area contributed by atoms with Crippen LogP contribution >= 0.6 is 0 Å². The maximum Gasteiger partial charge on any atom is 0.118 e. The number of nitriles is 1. The molecule has 0 spiro atoms. The normalized spacial score (nSPS) is 11.6. The average Bonchev–Trinajstić information content (AvgIpc) is 2.42. The average molecular weight is 239 g/mol. The molecule has 4 nitrogen and oxygen atoms in total. The van der Waals surface area contributed by atoms with Gasteiger partial charge >= 0.3 is 0 Å². The second-order valence-electron chi connectivity index (χ2n) is 3.85. The maximum atomic E-state index is 9.28. The van der Waals surface area contributed by atoms with Crippen molar-refractivity contribution >= 4 is 5.69 Å². The van der Waals surface area contributed by atoms with Gasteiger partial charge in [-0.2, -0.15) is 5.26 Å². The minimum atomic E-state index is -0.392. The van der Waals surface area contributed by atoms with E-state index < -0.39 is 5.92 Å². The molecule has 1 aromatic heterocycles. The molecule has 1 heterocycles. The first-order valence-electron chi connectivity index (χ1n) is 5.49. The summed E-state index contributed by atoms with van der Waals surface area (Å²) in [4.78, 5) is 4.19. The molecule has 0 amide bonds. The van der Waals surface area contributed by atoms with Gasteiger partial charge in [0.25, 0.3) is 0 Å². The lowest BCUT2D eigenvalue weighted by Gasteiger charge is -2.09. The summed E-state index contributed by atoms with van der Waals surface area (Å²) in [5.74, 6) is 0.372. The van der Waals surface area contributed by atoms with Crippen molar-refractivity contribution in [1.29, 1.82) is 5.26 Å². The van der Waals surface area contributed by atoms with Gasteiger partial charge in [0.05, 0.1) is 30.8 Å². The molecule has 0 saturated carbocycles. The van der Waals surface area contributed by atoms with Crippen LogP contribution in [0, 0.1) is 11.3 Å². The Labute approximate surface area is 106 Å². The zero-order valence-electron chi connectivity index (χ0n) is 10.00. The van der Waals surface area contributed by atoms with Gasteiger partial charge in [-0.1, -0.05) is 12.1 Å². The SMILES string of the molecule is COc1ccc(C(C#N)c2ccc(N)cn2)cc1. The van der Waals surface area contributed by atoms with Crippen molar-refractivity contribution in [2.45, 2.75) is 5.92 Å². The van der Waals surface area contributed by atoms with Gasteiger partial charge in [-0.25, -0.2) is 0 Å². The summed E-state index contributed by atoms with van der Waals surface area (Å²) in [5.41, 5.74) is 7.75. The predicted molar refractivity (Wildman–Crippen MR) is 69.1 cm³/mol. The van der Waals surface area contributed by atoms with E-state index in [9.17, 15) is 5.26 Å². The molecule has 4 heteroatoms. The van der Waals surface area contributed by atoms with Gasteiger partial charge < -0.3 is 10.5 Å². The van der Waals surface area contributed by atoms with Crippen molar-refractivity contribution in [2.24, 2.45) is 0 Å². The Morgan fingerprint density at radius 1 is 1.22 bits per heavy atom. The number of rotatable bonds is 3. The molecule has 0 aliphatic carbocycles. The Bertz CT molecular complexity index is 555. The third-order valence-corrected chi connectivity index (χ3v) is 2.68. The molecule has 0 saturated heterocycles. The van der Waals surface area contributed by atoms with Crippen LogP contribution in [-0.2, 0) is 0 Å². The van der Waals surface area contributed by atoms with Crippen LogP contribution in [0.3, 0.4) is 0 Å². The van der Waals surface area contributed by atoms with Gasteiger partial charge in [0.15, 0.2) is 0 Å². The number of methoxy groups -OCH3 is 1. The molecule has 2 aromatic rings. The number of pyridine rings is 1. The highest BCUT2D eigenvalue weighted by Gasteiger charge is 2.14. The fraction of sp³-hybridized carbons (Fsp3) is 0.143. The van der Waals surface area contributed by atoms with Crippen molar-refractivity contribution in [3.63, 3.8) is 0 Å². The Morgan fingerprint density at radius 3 is 2.44 bits per heavy atom. The monoisotopic (exact) mass is 239 g/mol. The van der Waals surface area contributed by atoms with E-state index in [4.69, 9.17) is 10.5 Å². The fourth-order valence-electron chi connectivity index (χ4n) is 1.70. The summed E-state index contributed by atoms with van der Waals surface area (Å²) in [6.07, 6.45) is 1.56. The van der Waals surface area contributed by atoms with Crippen LogP contribution in [0.1, 0.15) is 17.2 Å². The van der Waals surface area contributed by atoms with E-state index >= 15 is 0 Å². The largest absolute Gasteiger partial charge is 0.497 e. The minimum absolute atomic E-state index is 0.392. The number of hydrogen-bond donors (Lipinski definition) is 1. The molecule has 0 bridgehead atoms. The van der Waals surface area contributed by atoms with Crippen molar-refractivity contribution in [1.82, 2.24) is 4.98 Å². The first kappa shape index (κ1) is 11.9. The molecular weight excluding hydrogens is 226 g/mol. The molecule has 0 aliphatic heterocycles. The fourth-order valence-corrected chi connectivity index (χ4v) is 1.70. The predicted octanol–water partition coefficient (Wildman–Crippen LogP) is 2.33. The van der Waals surface area contributed by atoms with E-state index in [1.165, 1.54) is 0 Å². The third kappa shape index (κ3) is 2.41. The molecule has 90 valence electrons. The van der Waals surface area contributed by atoms with Gasteiger partial charge in [0, 0.05) is 0 Å². The lowest BCUT2D eigenvalue weighted by molar-refractivity contribution is 0.414. The summed E-state index contributed by atoms with van der Waals surface area (Å²) in [6, 6.07) is 13.2. The van der Waals surface area contributed by atoms with E-state index in [0.29, 0.717) is 11.4 Å². The van der Waals surface area contributed by atoms with Crippen LogP contribution in [0.2, 0.25) is 0 Å². The molecular formula is C14H13N3O. The second kappa shape index (κ2) is 5.19. The highest BCUT2D eigenvalue weighted by Crippen LogP contribution is 2.24. The van der Waals surface area contributed by atoms with Crippen LogP contribution in [-0.4, -0.2) is 12.1 Å². The first-order chi connectivity index (χ1) is 8.74. The van der Waals surface area contributed by atoms with Crippen LogP contribution in [0.25, 0.3) is 0 Å². The summed E-state index contributed by atoms with van der Waals surface area (Å²) < 4.78 is 5.09. The number of hydrogen-bond acceptors (Lipinski definition) is 4. The molecule has 2 N–H and O–H groups in total. The smallest absolute Gasteiger partial charge is 0.118 e. The maximum absolute atomic E-state index is 9.28. The van der Waals surface area contributed by atoms with Gasteiger partial charge in [-0.15, -0.1) is 0 Å². The summed E-state index contributed by atoms with van der Waals surface area (Å²) in [7, 11) is 1.61. The Balaban J connectivity index is 2.33. The van der Waals surface area contributed by atoms with Gasteiger partial charge in [0.1, 0.15) is 11.7 Å². The molecule has 0 aliphatic rings. The highest BCUT2D eigenvalue weighted by atomic mass is 16.5. The topological polar surface area (TPSA) is 71.9 Å². The number of ether oxygens (including phenoxy) is 1. The number of nitrogens with zero attached hydrogens (tertiary/aromatic N) is 2. The number of aromatic nitrogens is 1. The molecule has 1 atom stereocenters. The lowest BCUT2D eigenvalue weighted by atomic mass is 9.96. The molecule has 0 radical (unpaired) electrons. The van der Waals surface area contributed by atoms with Crippen molar-refractivity contribution in [3.05, 3.63) is 53.9 Å². The Hall–Kier alpha value is -2.54. The van der Waals surface area contributed by atoms with Crippen molar-refractivity contribution < 1.29 is 4.74 Å². The van der Waals surface area contributed by atoms with Crippen LogP contribution in [0.4, 0.5) is 5.69 Å². The number of anilines is 1. The lowest BCUT2D eigenvalue weighted by Crippen LogP contribution is -2.01. The highest BCUT2D eigenvalue weighted by molar-refractivity contribution is 5.41. The quantitative estimate of drug-likeness (QED) is 0.892. The summed E-state index contributed by atoms with van der Waals surface area (Å²) in [6.45, 7) is 0. The van der Waals surface area contributed by atoms with Gasteiger partial charge in [-0.3, -0.25) is 4.98 Å². The summed E-state index contributed by atoms with van der Waals surface area (Å²) >= 11 is 0. The van der Waals surface area contributed by atoms with Gasteiger partial charge in [0.2, 0.25) is 0 Å². The number of nitrogen functional groups attached to an aromatic ring is 1. The number of benzene rings is 1. The van der Waals surface area contributed by atoms with Crippen LogP contribution < -0.4 is 10.5 Å². The number of nitrogens with two attached hydrogens (primary N) is 1. The molecule has 1 unspecified atom stereocenters. The van der Waals surface area contributed by atoms with E-state index in [1.54, 1.807) is 25.4 Å². The second-order valence-corrected chi connectivity index (χ2v) is 3.85. The van der Waals surface area contributed by atoms with E-state index in [0.717, 1.165) is 11.3 Å². The minimum Gasteiger partial charge on any atom is -0.497 e. The Morgan fingerprint density at radius 2 is 1.94 bits per heavy atom. The molecule has 2 rings (SSSR count). The standard InChI is InChI=1S/C14H13N3O/c1-18-12-5-2-10(3-6-12)13(8-15)14-7-4-11(16)9-17-14/h2-7,9,13H,16H2,1H3. The molecule has 18 heavy (non-hydrogen) atoms. The van der Waals surface area contributed by atoms with Crippen molar-refractivity contribution in [2.75, 3.05) is 12.8 Å². The molecule has 1 aromatic carbocycles. The van der Waals surface area contributed by atoms with Crippen LogP contribution in [0.15, 0.2) is 42.6 Å².